The van der Waals surface area contributed by atoms with E-state index in [4.69, 9.17) is 57.4 Å². The van der Waals surface area contributed by atoms with E-state index in [2.05, 4.69) is 0 Å². The summed E-state index contributed by atoms with van der Waals surface area (Å²) in [7, 11) is 4.69. The maximum atomic E-state index is 8.85. The summed E-state index contributed by atoms with van der Waals surface area (Å²) >= 11 is 11.9. The zero-order valence-electron chi connectivity index (χ0n) is 20.7. The van der Waals surface area contributed by atoms with Crippen LogP contribution in [0.4, 0.5) is 0 Å². The largest absolute Gasteiger partial charge is 0.497 e. The lowest BCUT2D eigenvalue weighted by Crippen LogP contribution is -1.94. The van der Waals surface area contributed by atoms with E-state index >= 15 is 0 Å². The molecule has 0 unspecified atom stereocenters. The van der Waals surface area contributed by atoms with Crippen molar-refractivity contribution >= 4 is 23.2 Å². The summed E-state index contributed by atoms with van der Waals surface area (Å²) in [6, 6.07) is 26.3. The van der Waals surface area contributed by atoms with Gasteiger partial charge in [-0.3, -0.25) is 0 Å². The van der Waals surface area contributed by atoms with Crippen LogP contribution in [0.2, 0.25) is 10.0 Å². The van der Waals surface area contributed by atoms with Gasteiger partial charge in [-0.05, 0) is 48.5 Å². The molecule has 0 aliphatic heterocycles. The van der Waals surface area contributed by atoms with Gasteiger partial charge >= 0.3 is 0 Å². The first-order chi connectivity index (χ1) is 18.4. The lowest BCUT2D eigenvalue weighted by atomic mass is 10.2. The molecule has 0 aromatic heterocycles. The fourth-order valence-electron chi connectivity index (χ4n) is 3.14. The lowest BCUT2D eigenvalue weighted by molar-refractivity contribution is 0.346. The van der Waals surface area contributed by atoms with E-state index in [-0.39, 0.29) is 0 Å². The van der Waals surface area contributed by atoms with Gasteiger partial charge in [0.25, 0.3) is 0 Å². The molecule has 0 saturated heterocycles. The maximum Gasteiger partial charge on any atom is 0.210 e. The molecule has 38 heavy (non-hydrogen) atoms. The van der Waals surface area contributed by atoms with Crippen molar-refractivity contribution in [2.75, 3.05) is 21.3 Å². The Morgan fingerprint density at radius 2 is 1.03 bits per heavy atom. The molecule has 0 heterocycles. The molecule has 0 aliphatic rings. The van der Waals surface area contributed by atoms with Crippen LogP contribution in [0.25, 0.3) is 0 Å². The van der Waals surface area contributed by atoms with Crippen LogP contribution in [0.5, 0.6) is 40.2 Å². The molecular formula is C29H22Cl2N2O5. The van der Waals surface area contributed by atoms with Gasteiger partial charge in [0.15, 0.2) is 11.5 Å². The summed E-state index contributed by atoms with van der Waals surface area (Å²) in [6.45, 7) is 0. The third kappa shape index (κ3) is 7.24. The Hall–Kier alpha value is -4.56. The Bertz CT molecular complexity index is 1470. The van der Waals surface area contributed by atoms with Gasteiger partial charge in [-0.1, -0.05) is 35.3 Å². The number of nitrogens with zero attached hydrogens (tertiary/aromatic N) is 2. The summed E-state index contributed by atoms with van der Waals surface area (Å²) in [5, 5.41) is 18.3. The van der Waals surface area contributed by atoms with Gasteiger partial charge < -0.3 is 23.7 Å². The normalized spacial score (nSPS) is 9.66. The van der Waals surface area contributed by atoms with Crippen molar-refractivity contribution in [1.29, 1.82) is 10.5 Å². The first-order valence-electron chi connectivity index (χ1n) is 11.0. The molecule has 4 aromatic rings. The second-order valence-electron chi connectivity index (χ2n) is 7.38. The lowest BCUT2D eigenvalue weighted by Gasteiger charge is -2.14. The number of hydrogen-bond donors (Lipinski definition) is 0. The topological polar surface area (TPSA) is 93.7 Å². The Labute approximate surface area is 230 Å². The van der Waals surface area contributed by atoms with Crippen LogP contribution < -0.4 is 23.7 Å². The summed E-state index contributed by atoms with van der Waals surface area (Å²) < 4.78 is 27.0. The molecule has 0 bridgehead atoms. The zero-order valence-corrected chi connectivity index (χ0v) is 22.2. The van der Waals surface area contributed by atoms with E-state index in [0.29, 0.717) is 61.4 Å². The smallest absolute Gasteiger partial charge is 0.210 e. The summed E-state index contributed by atoms with van der Waals surface area (Å²) in [5.41, 5.74) is 0.820. The predicted molar refractivity (Wildman–Crippen MR) is 145 cm³/mol. The Morgan fingerprint density at radius 1 is 0.553 bits per heavy atom. The van der Waals surface area contributed by atoms with Gasteiger partial charge in [0.05, 0.1) is 42.5 Å². The van der Waals surface area contributed by atoms with E-state index in [9.17, 15) is 0 Å². The second-order valence-corrected chi connectivity index (χ2v) is 8.20. The van der Waals surface area contributed by atoms with E-state index in [1.807, 2.05) is 30.3 Å². The Morgan fingerprint density at radius 3 is 1.50 bits per heavy atom. The van der Waals surface area contributed by atoms with Crippen LogP contribution in [0, 0.1) is 22.7 Å². The third-order valence-electron chi connectivity index (χ3n) is 5.00. The molecule has 0 radical (unpaired) electrons. The van der Waals surface area contributed by atoms with Gasteiger partial charge in [0.1, 0.15) is 35.1 Å². The minimum Gasteiger partial charge on any atom is -0.497 e. The number of nitriles is 2. The average Bonchev–Trinajstić information content (AvgIpc) is 2.94. The molecule has 7 nitrogen and oxygen atoms in total. The van der Waals surface area contributed by atoms with Crippen LogP contribution in [-0.4, -0.2) is 21.3 Å². The molecule has 0 saturated carbocycles. The zero-order chi connectivity index (χ0) is 27.5. The number of halogens is 2. The summed E-state index contributed by atoms with van der Waals surface area (Å²) in [6.07, 6.45) is 0. The first-order valence-corrected chi connectivity index (χ1v) is 11.8. The van der Waals surface area contributed by atoms with Gasteiger partial charge in [-0.2, -0.15) is 10.5 Å². The number of methoxy groups -OCH3 is 3. The molecule has 0 atom stereocenters. The summed E-state index contributed by atoms with van der Waals surface area (Å²) in [4.78, 5) is 0. The molecule has 9 heteroatoms. The molecule has 0 N–H and O–H groups in total. The van der Waals surface area contributed by atoms with Crippen molar-refractivity contribution < 1.29 is 23.7 Å². The van der Waals surface area contributed by atoms with Crippen molar-refractivity contribution in [1.82, 2.24) is 0 Å². The second kappa shape index (κ2) is 13.7. The fraction of sp³-hybridized carbons (Fsp3) is 0.103. The highest BCUT2D eigenvalue weighted by atomic mass is 35.5. The van der Waals surface area contributed by atoms with Crippen molar-refractivity contribution in [3.05, 3.63) is 100 Å². The van der Waals surface area contributed by atoms with E-state index in [0.717, 1.165) is 0 Å². The van der Waals surface area contributed by atoms with Crippen molar-refractivity contribution in [3.63, 3.8) is 0 Å². The van der Waals surface area contributed by atoms with Crippen LogP contribution in [0.1, 0.15) is 11.1 Å². The fourth-order valence-corrected chi connectivity index (χ4v) is 3.56. The number of hydrogen-bond acceptors (Lipinski definition) is 7. The number of ether oxygens (including phenoxy) is 5. The highest BCUT2D eigenvalue weighted by Gasteiger charge is 2.13. The van der Waals surface area contributed by atoms with Crippen LogP contribution >= 0.6 is 23.2 Å². The minimum absolute atomic E-state index is 0.332. The Kier molecular flexibility index (Phi) is 10.1. The molecule has 4 aromatic carbocycles. The van der Waals surface area contributed by atoms with Crippen LogP contribution in [-0.2, 0) is 0 Å². The third-order valence-corrected chi connectivity index (χ3v) is 5.63. The monoisotopic (exact) mass is 548 g/mol. The first kappa shape index (κ1) is 28.0. The molecule has 192 valence electrons. The molecule has 0 amide bonds. The SMILES string of the molecule is COc1cccc(OC)c1Oc1ccc(C#N)c(Cl)c1.COc1cccc(Oc2ccc(C#N)c(Cl)c2)c1. The standard InChI is InChI=1S/C15H12ClNO3.C14H10ClNO2/c1-18-13-4-3-5-14(19-2)15(13)20-11-7-6-10(9-17)12(16)8-11;1-17-11-3-2-4-12(7-11)18-13-6-5-10(9-16)14(15)8-13/h3-8H,1-2H3;2-8H,1H3. The minimum atomic E-state index is 0.332. The van der Waals surface area contributed by atoms with Gasteiger partial charge in [0, 0.05) is 18.2 Å². The van der Waals surface area contributed by atoms with Gasteiger partial charge in [-0.15, -0.1) is 0 Å². The number of benzene rings is 4. The van der Waals surface area contributed by atoms with Gasteiger partial charge in [-0.25, -0.2) is 0 Å². The molecule has 0 aliphatic carbocycles. The van der Waals surface area contributed by atoms with Crippen molar-refractivity contribution in [3.8, 4) is 52.4 Å². The summed E-state index contributed by atoms with van der Waals surface area (Å²) in [5.74, 6) is 3.99. The van der Waals surface area contributed by atoms with Gasteiger partial charge in [0.2, 0.25) is 5.75 Å². The average molecular weight is 549 g/mol. The molecule has 0 spiro atoms. The maximum absolute atomic E-state index is 8.85. The van der Waals surface area contributed by atoms with E-state index in [1.165, 1.54) is 0 Å². The predicted octanol–water partition coefficient (Wildman–Crippen LogP) is 8.03. The van der Waals surface area contributed by atoms with Crippen LogP contribution in [0.15, 0.2) is 78.9 Å². The quantitative estimate of drug-likeness (QED) is 0.230. The van der Waals surface area contributed by atoms with E-state index in [1.54, 1.807) is 82.0 Å². The molecule has 0 fully saturated rings. The van der Waals surface area contributed by atoms with Crippen molar-refractivity contribution in [2.24, 2.45) is 0 Å². The van der Waals surface area contributed by atoms with Crippen molar-refractivity contribution in [2.45, 2.75) is 0 Å². The highest BCUT2D eigenvalue weighted by Crippen LogP contribution is 2.40. The number of rotatable bonds is 7. The van der Waals surface area contributed by atoms with Crippen LogP contribution in [0.3, 0.4) is 0 Å². The highest BCUT2D eigenvalue weighted by molar-refractivity contribution is 6.32. The molecular weight excluding hydrogens is 527 g/mol. The van der Waals surface area contributed by atoms with E-state index < -0.39 is 0 Å². The molecule has 4 rings (SSSR count). The Balaban J connectivity index is 0.000000212. The number of para-hydroxylation sites is 1.